The second-order valence-corrected chi connectivity index (χ2v) is 5.08. The summed E-state index contributed by atoms with van der Waals surface area (Å²) in [5.41, 5.74) is 0. The quantitative estimate of drug-likeness (QED) is 0.475. The first-order valence-corrected chi connectivity index (χ1v) is 6.15. The minimum Gasteiger partial charge on any atom is -0.748 e. The van der Waals surface area contributed by atoms with Gasteiger partial charge in [0.05, 0.1) is 20.2 Å². The van der Waals surface area contributed by atoms with Crippen molar-refractivity contribution in [2.24, 2.45) is 0 Å². The Kier molecular flexibility index (Phi) is 11.3. The van der Waals surface area contributed by atoms with E-state index in [4.69, 9.17) is 0 Å². The molecule has 0 aliphatic heterocycles. The van der Waals surface area contributed by atoms with Crippen LogP contribution in [0.3, 0.4) is 0 Å². The van der Waals surface area contributed by atoms with Crippen LogP contribution in [0.15, 0.2) is 0 Å². The van der Waals surface area contributed by atoms with E-state index in [-0.39, 0.29) is 28.6 Å². The Labute approximate surface area is 88.7 Å². The molecule has 0 amide bonds. The van der Waals surface area contributed by atoms with Crippen LogP contribution in [0, 0.1) is 0 Å². The van der Waals surface area contributed by atoms with Crippen molar-refractivity contribution in [3.8, 4) is 0 Å². The fraction of sp³-hybridized carbons (Fsp3) is 1.00. The molecule has 0 fully saturated rings. The molecule has 0 unspecified atom stereocenters. The van der Waals surface area contributed by atoms with E-state index in [2.05, 4.69) is 0 Å². The van der Waals surface area contributed by atoms with Crippen LogP contribution in [-0.4, -0.2) is 37.4 Å². The predicted octanol–water partition coefficient (Wildman–Crippen LogP) is -0.899. The van der Waals surface area contributed by atoms with Gasteiger partial charge in [0.25, 0.3) is 0 Å². The van der Waals surface area contributed by atoms with Gasteiger partial charge in [-0.15, -0.1) is 0 Å². The Hall–Kier alpha value is 0.339. The zero-order chi connectivity index (χ0) is 10.4. The topological polar surface area (TPSA) is 114 Å². The third-order valence-electron chi connectivity index (χ3n) is 0.707. The van der Waals surface area contributed by atoms with Gasteiger partial charge in [0, 0.05) is 11.5 Å². The summed E-state index contributed by atoms with van der Waals surface area (Å²) in [6, 6.07) is 0. The Morgan fingerprint density at radius 3 is 0.923 bits per heavy atom. The number of hydrogen-bond acceptors (Lipinski definition) is 6. The molecular formula is C4H10MnO6S2. The second-order valence-electron chi connectivity index (χ2n) is 1.69. The van der Waals surface area contributed by atoms with Gasteiger partial charge in [0.15, 0.2) is 0 Å². The summed E-state index contributed by atoms with van der Waals surface area (Å²) in [4.78, 5) is 0. The van der Waals surface area contributed by atoms with Crippen LogP contribution in [-0.2, 0) is 37.3 Å². The van der Waals surface area contributed by atoms with E-state index in [0.717, 1.165) is 0 Å². The molecule has 0 aromatic carbocycles. The molecule has 1 radical (unpaired) electrons. The molecule has 0 heterocycles. The van der Waals surface area contributed by atoms with Gasteiger partial charge in [-0.1, -0.05) is 13.8 Å². The van der Waals surface area contributed by atoms with Crippen molar-refractivity contribution in [3.05, 3.63) is 0 Å². The third kappa shape index (κ3) is 32.8. The molecule has 81 valence electrons. The minimum absolute atomic E-state index is 0. The summed E-state index contributed by atoms with van der Waals surface area (Å²) in [5, 5.41) is 0. The average Bonchev–Trinajstić information content (AvgIpc) is 1.86. The smallest absolute Gasteiger partial charge is 0.748 e. The molecule has 0 saturated heterocycles. The van der Waals surface area contributed by atoms with E-state index < -0.39 is 20.2 Å². The Bertz CT molecular complexity index is 259. The first-order valence-electron chi connectivity index (χ1n) is 2.99. The molecule has 0 spiro atoms. The zero-order valence-corrected chi connectivity index (χ0v) is 9.87. The fourth-order valence-corrected chi connectivity index (χ4v) is 0. The van der Waals surface area contributed by atoms with Gasteiger partial charge in [-0.05, 0) is 0 Å². The molecule has 0 aromatic rings. The largest absolute Gasteiger partial charge is 2.00 e. The summed E-state index contributed by atoms with van der Waals surface area (Å²) in [5.74, 6) is -0.625. The van der Waals surface area contributed by atoms with Gasteiger partial charge >= 0.3 is 17.1 Å². The van der Waals surface area contributed by atoms with Gasteiger partial charge in [-0.2, -0.15) is 0 Å². The van der Waals surface area contributed by atoms with Crippen molar-refractivity contribution in [2.75, 3.05) is 11.5 Å². The zero-order valence-electron chi connectivity index (χ0n) is 7.06. The van der Waals surface area contributed by atoms with E-state index in [1.165, 1.54) is 13.8 Å². The fourth-order valence-electron chi connectivity index (χ4n) is 0. The van der Waals surface area contributed by atoms with Crippen molar-refractivity contribution in [2.45, 2.75) is 13.8 Å². The van der Waals surface area contributed by atoms with Crippen LogP contribution in [0.2, 0.25) is 0 Å². The minimum atomic E-state index is -3.91. The van der Waals surface area contributed by atoms with Gasteiger partial charge in [-0.3, -0.25) is 0 Å². The van der Waals surface area contributed by atoms with Crippen LogP contribution < -0.4 is 0 Å². The average molecular weight is 273 g/mol. The maximum Gasteiger partial charge on any atom is 2.00 e. The van der Waals surface area contributed by atoms with Crippen molar-refractivity contribution >= 4 is 20.2 Å². The molecule has 0 rings (SSSR count). The van der Waals surface area contributed by atoms with E-state index in [9.17, 15) is 25.9 Å². The van der Waals surface area contributed by atoms with Crippen molar-refractivity contribution in [1.29, 1.82) is 0 Å². The molecule has 9 heteroatoms. The van der Waals surface area contributed by atoms with E-state index >= 15 is 0 Å². The van der Waals surface area contributed by atoms with E-state index in [1.54, 1.807) is 0 Å². The summed E-state index contributed by atoms with van der Waals surface area (Å²) < 4.78 is 56.7. The molecule has 0 bridgehead atoms. The van der Waals surface area contributed by atoms with Crippen LogP contribution in [0.1, 0.15) is 13.8 Å². The summed E-state index contributed by atoms with van der Waals surface area (Å²) in [6.45, 7) is 2.62. The Morgan fingerprint density at radius 1 is 0.846 bits per heavy atom. The van der Waals surface area contributed by atoms with Gasteiger partial charge in [-0.25, -0.2) is 16.8 Å². The molecule has 0 aliphatic rings. The molecule has 0 saturated carbocycles. The SMILES string of the molecule is CCS(=O)(=O)[O-].CCS(=O)(=O)[O-].[Mn+2]. The van der Waals surface area contributed by atoms with Crippen molar-refractivity contribution in [1.82, 2.24) is 0 Å². The van der Waals surface area contributed by atoms with Crippen molar-refractivity contribution in [3.63, 3.8) is 0 Å². The van der Waals surface area contributed by atoms with Gasteiger partial charge < -0.3 is 9.11 Å². The maximum absolute atomic E-state index is 9.44. The maximum atomic E-state index is 9.44. The Balaban J connectivity index is -0.000000143. The summed E-state index contributed by atoms with van der Waals surface area (Å²) in [6.07, 6.45) is 0. The molecule has 0 aliphatic carbocycles. The molecule has 0 aromatic heterocycles. The molecule has 0 atom stereocenters. The van der Waals surface area contributed by atoms with Crippen LogP contribution >= 0.6 is 0 Å². The first-order chi connectivity index (χ1) is 5.12. The van der Waals surface area contributed by atoms with Crippen LogP contribution in [0.4, 0.5) is 0 Å². The molecular weight excluding hydrogens is 263 g/mol. The number of rotatable bonds is 2. The Morgan fingerprint density at radius 2 is 0.923 bits per heavy atom. The van der Waals surface area contributed by atoms with E-state index in [1.807, 2.05) is 0 Å². The van der Waals surface area contributed by atoms with Gasteiger partial charge in [0.2, 0.25) is 0 Å². The molecule has 13 heavy (non-hydrogen) atoms. The number of hydrogen-bond donors (Lipinski definition) is 0. The normalized spacial score (nSPS) is 10.8. The third-order valence-corrected chi connectivity index (χ3v) is 2.12. The van der Waals surface area contributed by atoms with E-state index in [0.29, 0.717) is 0 Å². The van der Waals surface area contributed by atoms with Crippen LogP contribution in [0.25, 0.3) is 0 Å². The predicted molar refractivity (Wildman–Crippen MR) is 40.5 cm³/mol. The monoisotopic (exact) mass is 273 g/mol. The second kappa shape index (κ2) is 7.72. The molecule has 0 N–H and O–H groups in total. The van der Waals surface area contributed by atoms with Crippen LogP contribution in [0.5, 0.6) is 0 Å². The molecule has 6 nitrogen and oxygen atoms in total. The summed E-state index contributed by atoms with van der Waals surface area (Å²) in [7, 11) is -7.82. The first kappa shape index (κ1) is 19.0. The standard InChI is InChI=1S/2C2H6O3S.Mn/c2*1-2-6(3,4)5;/h2*2H2,1H3,(H,3,4,5);/q;;+2/p-2. The van der Waals surface area contributed by atoms with Gasteiger partial charge in [0.1, 0.15) is 0 Å². The van der Waals surface area contributed by atoms with Crippen molar-refractivity contribution < 1.29 is 43.0 Å². The summed E-state index contributed by atoms with van der Waals surface area (Å²) >= 11 is 0.